The molecular formula is C10H22N4O2. The number of nitrogens with one attached hydrogen (secondary N) is 3. The van der Waals surface area contributed by atoms with Gasteiger partial charge in [-0.2, -0.15) is 0 Å². The third kappa shape index (κ3) is 8.05. The summed E-state index contributed by atoms with van der Waals surface area (Å²) >= 11 is 0. The fraction of sp³-hybridized carbons (Fsp3) is 0.800. The van der Waals surface area contributed by atoms with Crippen LogP contribution in [-0.4, -0.2) is 57.1 Å². The van der Waals surface area contributed by atoms with Crippen LogP contribution in [0.2, 0.25) is 0 Å². The second-order valence-electron chi connectivity index (χ2n) is 3.65. The van der Waals surface area contributed by atoms with E-state index in [1.54, 1.807) is 14.1 Å². The Bertz CT molecular complexity index is 219. The van der Waals surface area contributed by atoms with Crippen LogP contribution in [0.5, 0.6) is 0 Å². The monoisotopic (exact) mass is 230 g/mol. The zero-order chi connectivity index (χ0) is 12.4. The minimum atomic E-state index is -0.128. The first-order valence-corrected chi connectivity index (χ1v) is 5.50. The van der Waals surface area contributed by atoms with Gasteiger partial charge in [0.05, 0.1) is 6.54 Å². The molecule has 0 unspecified atom stereocenters. The van der Waals surface area contributed by atoms with Crippen molar-refractivity contribution in [3.05, 3.63) is 0 Å². The maximum Gasteiger partial charge on any atom is 0.316 e. The number of carbonyl (C=O) groups is 2. The van der Waals surface area contributed by atoms with Crippen molar-refractivity contribution >= 4 is 11.9 Å². The standard InChI is InChI=1S/C10H22N4O2/c1-4-5-12-9(15)8-11-6-7-13-10(16)14(2)3/h11H,4-8H2,1-3H3,(H,12,15)(H,13,16). The van der Waals surface area contributed by atoms with Crippen molar-refractivity contribution in [1.82, 2.24) is 20.9 Å². The predicted octanol–water partition coefficient (Wildman–Crippen LogP) is -0.627. The highest BCUT2D eigenvalue weighted by atomic mass is 16.2. The van der Waals surface area contributed by atoms with E-state index in [0.717, 1.165) is 6.42 Å². The van der Waals surface area contributed by atoms with Crippen LogP contribution in [0.3, 0.4) is 0 Å². The molecule has 0 saturated carbocycles. The quantitative estimate of drug-likeness (QED) is 0.510. The molecule has 0 fully saturated rings. The number of rotatable bonds is 7. The maximum atomic E-state index is 11.1. The molecule has 0 aromatic carbocycles. The Morgan fingerprint density at radius 3 is 2.31 bits per heavy atom. The van der Waals surface area contributed by atoms with Crippen LogP contribution in [-0.2, 0) is 4.79 Å². The Morgan fingerprint density at radius 2 is 1.75 bits per heavy atom. The van der Waals surface area contributed by atoms with Crippen LogP contribution in [0.15, 0.2) is 0 Å². The minimum Gasteiger partial charge on any atom is -0.355 e. The fourth-order valence-corrected chi connectivity index (χ4v) is 0.945. The van der Waals surface area contributed by atoms with Crippen LogP contribution < -0.4 is 16.0 Å². The Hall–Kier alpha value is -1.30. The first-order valence-electron chi connectivity index (χ1n) is 5.50. The minimum absolute atomic E-state index is 0.0132. The number of carbonyl (C=O) groups excluding carboxylic acids is 2. The summed E-state index contributed by atoms with van der Waals surface area (Å²) < 4.78 is 0. The molecule has 0 spiro atoms. The molecule has 0 heterocycles. The van der Waals surface area contributed by atoms with Gasteiger partial charge in [0.2, 0.25) is 5.91 Å². The van der Waals surface area contributed by atoms with Crippen LogP contribution in [0.4, 0.5) is 4.79 Å². The molecule has 0 bridgehead atoms. The molecule has 0 rings (SSSR count). The molecule has 0 aromatic rings. The summed E-state index contributed by atoms with van der Waals surface area (Å²) in [6, 6.07) is -0.128. The van der Waals surface area contributed by atoms with Gasteiger partial charge in [-0.15, -0.1) is 0 Å². The molecule has 0 aliphatic rings. The van der Waals surface area contributed by atoms with Gasteiger partial charge in [-0.05, 0) is 6.42 Å². The highest BCUT2D eigenvalue weighted by Gasteiger charge is 2.01. The molecule has 0 saturated heterocycles. The highest BCUT2D eigenvalue weighted by Crippen LogP contribution is 1.75. The fourth-order valence-electron chi connectivity index (χ4n) is 0.945. The molecule has 3 N–H and O–H groups in total. The summed E-state index contributed by atoms with van der Waals surface area (Å²) in [5.74, 6) is -0.0132. The largest absolute Gasteiger partial charge is 0.355 e. The van der Waals surface area contributed by atoms with Gasteiger partial charge in [-0.3, -0.25) is 4.79 Å². The van der Waals surface area contributed by atoms with Crippen molar-refractivity contribution in [2.75, 3.05) is 40.3 Å². The van der Waals surface area contributed by atoms with E-state index in [-0.39, 0.29) is 18.5 Å². The Kier molecular flexibility index (Phi) is 8.24. The Labute approximate surface area is 96.8 Å². The molecule has 0 aromatic heterocycles. The van der Waals surface area contributed by atoms with E-state index in [9.17, 15) is 9.59 Å². The van der Waals surface area contributed by atoms with E-state index < -0.39 is 0 Å². The van der Waals surface area contributed by atoms with Crippen LogP contribution in [0.1, 0.15) is 13.3 Å². The van der Waals surface area contributed by atoms with Gasteiger partial charge >= 0.3 is 6.03 Å². The number of hydrogen-bond donors (Lipinski definition) is 3. The van der Waals surface area contributed by atoms with Gasteiger partial charge in [0.1, 0.15) is 0 Å². The lowest BCUT2D eigenvalue weighted by Gasteiger charge is -2.12. The highest BCUT2D eigenvalue weighted by molar-refractivity contribution is 5.77. The van der Waals surface area contributed by atoms with Crippen molar-refractivity contribution in [2.45, 2.75) is 13.3 Å². The molecule has 16 heavy (non-hydrogen) atoms. The Morgan fingerprint density at radius 1 is 1.06 bits per heavy atom. The topological polar surface area (TPSA) is 73.5 Å². The van der Waals surface area contributed by atoms with Gasteiger partial charge in [-0.25, -0.2) is 4.79 Å². The van der Waals surface area contributed by atoms with E-state index in [4.69, 9.17) is 0 Å². The molecule has 0 aliphatic heterocycles. The molecule has 0 atom stereocenters. The molecule has 0 aliphatic carbocycles. The number of hydrogen-bond acceptors (Lipinski definition) is 3. The number of urea groups is 1. The van der Waals surface area contributed by atoms with Gasteiger partial charge in [0, 0.05) is 33.7 Å². The summed E-state index contributed by atoms with van der Waals surface area (Å²) in [5, 5.41) is 8.39. The Balaban J connectivity index is 3.33. The van der Waals surface area contributed by atoms with Crippen molar-refractivity contribution in [3.8, 4) is 0 Å². The third-order valence-electron chi connectivity index (χ3n) is 1.84. The van der Waals surface area contributed by atoms with Gasteiger partial charge in [0.15, 0.2) is 0 Å². The second kappa shape index (κ2) is 8.96. The molecule has 0 radical (unpaired) electrons. The summed E-state index contributed by atoms with van der Waals surface area (Å²) in [5.41, 5.74) is 0. The first-order chi connectivity index (χ1) is 7.57. The van der Waals surface area contributed by atoms with Crippen LogP contribution in [0, 0.1) is 0 Å². The summed E-state index contributed by atoms with van der Waals surface area (Å²) in [7, 11) is 3.36. The van der Waals surface area contributed by atoms with Crippen LogP contribution in [0.25, 0.3) is 0 Å². The van der Waals surface area contributed by atoms with Crippen molar-refractivity contribution in [3.63, 3.8) is 0 Å². The number of nitrogens with zero attached hydrogens (tertiary/aromatic N) is 1. The van der Waals surface area contributed by atoms with E-state index in [0.29, 0.717) is 19.6 Å². The molecule has 3 amide bonds. The maximum absolute atomic E-state index is 11.1. The van der Waals surface area contributed by atoms with Gasteiger partial charge in [0.25, 0.3) is 0 Å². The SMILES string of the molecule is CCCNC(=O)CNCCNC(=O)N(C)C. The van der Waals surface area contributed by atoms with Gasteiger partial charge in [-0.1, -0.05) is 6.92 Å². The lowest BCUT2D eigenvalue weighted by molar-refractivity contribution is -0.120. The zero-order valence-electron chi connectivity index (χ0n) is 10.3. The second-order valence-corrected chi connectivity index (χ2v) is 3.65. The average Bonchev–Trinajstić information content (AvgIpc) is 2.25. The normalized spacial score (nSPS) is 9.69. The molecule has 94 valence electrons. The van der Waals surface area contributed by atoms with E-state index >= 15 is 0 Å². The lowest BCUT2D eigenvalue weighted by atomic mass is 10.4. The lowest BCUT2D eigenvalue weighted by Crippen LogP contribution is -2.41. The van der Waals surface area contributed by atoms with E-state index in [1.165, 1.54) is 4.90 Å². The molecule has 6 heteroatoms. The summed E-state index contributed by atoms with van der Waals surface area (Å²) in [6.07, 6.45) is 0.935. The zero-order valence-corrected chi connectivity index (χ0v) is 10.3. The van der Waals surface area contributed by atoms with Gasteiger partial charge < -0.3 is 20.9 Å². The first kappa shape index (κ1) is 14.7. The molecule has 6 nitrogen and oxygen atoms in total. The molecular weight excluding hydrogens is 208 g/mol. The van der Waals surface area contributed by atoms with Crippen molar-refractivity contribution in [1.29, 1.82) is 0 Å². The van der Waals surface area contributed by atoms with Crippen molar-refractivity contribution in [2.24, 2.45) is 0 Å². The number of amides is 3. The summed E-state index contributed by atoms with van der Waals surface area (Å²) in [6.45, 7) is 4.09. The van der Waals surface area contributed by atoms with Crippen molar-refractivity contribution < 1.29 is 9.59 Å². The predicted molar refractivity (Wildman–Crippen MR) is 63.3 cm³/mol. The average molecular weight is 230 g/mol. The summed E-state index contributed by atoms with van der Waals surface area (Å²) in [4.78, 5) is 23.7. The smallest absolute Gasteiger partial charge is 0.316 e. The van der Waals surface area contributed by atoms with E-state index in [1.807, 2.05) is 6.92 Å². The van der Waals surface area contributed by atoms with E-state index in [2.05, 4.69) is 16.0 Å². The van der Waals surface area contributed by atoms with Crippen LogP contribution >= 0.6 is 0 Å². The third-order valence-corrected chi connectivity index (χ3v) is 1.84.